The van der Waals surface area contributed by atoms with Crippen molar-refractivity contribution in [2.24, 2.45) is 10.1 Å². The predicted molar refractivity (Wildman–Crippen MR) is 118 cm³/mol. The van der Waals surface area contributed by atoms with Gasteiger partial charge in [0.2, 0.25) is 4.80 Å². The summed E-state index contributed by atoms with van der Waals surface area (Å²) >= 11 is 3.25. The largest absolute Gasteiger partial charge is 0.493 e. The molecule has 146 valence electrons. The lowest BCUT2D eigenvalue weighted by atomic mass is 10.2. The molecule has 0 aliphatic heterocycles. The van der Waals surface area contributed by atoms with Gasteiger partial charge in [-0.25, -0.2) is 4.68 Å². The molecule has 28 heavy (non-hydrogen) atoms. The Kier molecular flexibility index (Phi) is 6.84. The lowest BCUT2D eigenvalue weighted by molar-refractivity contribution is 0.311. The monoisotopic (exact) mass is 413 g/mol. The minimum atomic E-state index is 0.580. The summed E-state index contributed by atoms with van der Waals surface area (Å²) in [6, 6.07) is 9.89. The lowest BCUT2D eigenvalue weighted by Gasteiger charge is -2.09. The molecule has 0 atom stereocenters. The zero-order chi connectivity index (χ0) is 19.9. The number of hydrogen-bond acceptors (Lipinski definition) is 6. The molecule has 0 unspecified atom stereocenters. The Balaban J connectivity index is 1.99. The van der Waals surface area contributed by atoms with E-state index in [0.717, 1.165) is 32.3 Å². The second-order valence-electron chi connectivity index (χ2n) is 6.05. The molecule has 0 fully saturated rings. The highest BCUT2D eigenvalue weighted by Gasteiger charge is 2.09. The quantitative estimate of drug-likeness (QED) is 0.383. The third kappa shape index (κ3) is 4.79. The van der Waals surface area contributed by atoms with Crippen LogP contribution in [0.1, 0.15) is 19.4 Å². The van der Waals surface area contributed by atoms with Gasteiger partial charge in [-0.2, -0.15) is 5.10 Å². The molecular weight excluding hydrogens is 390 g/mol. The van der Waals surface area contributed by atoms with E-state index in [1.54, 1.807) is 29.8 Å². The van der Waals surface area contributed by atoms with E-state index in [1.807, 2.05) is 49.0 Å². The van der Waals surface area contributed by atoms with E-state index in [4.69, 9.17) is 14.6 Å². The molecule has 0 spiro atoms. The van der Waals surface area contributed by atoms with Gasteiger partial charge < -0.3 is 9.47 Å². The van der Waals surface area contributed by atoms with Gasteiger partial charge >= 0.3 is 0 Å². The molecule has 0 saturated carbocycles. The molecular formula is C21H23N3O2S2. The van der Waals surface area contributed by atoms with Gasteiger partial charge in [-0.1, -0.05) is 18.2 Å². The Bertz CT molecular complexity index is 1030. The van der Waals surface area contributed by atoms with Crippen LogP contribution in [0.15, 0.2) is 63.3 Å². The van der Waals surface area contributed by atoms with E-state index in [-0.39, 0.29) is 0 Å². The first-order valence-corrected chi connectivity index (χ1v) is 10.6. The van der Waals surface area contributed by atoms with E-state index in [9.17, 15) is 0 Å². The van der Waals surface area contributed by atoms with E-state index in [1.165, 1.54) is 0 Å². The summed E-state index contributed by atoms with van der Waals surface area (Å²) in [4.78, 5) is 6.63. The third-order valence-corrected chi connectivity index (χ3v) is 5.50. The maximum absolute atomic E-state index is 5.58. The molecule has 0 radical (unpaired) electrons. The van der Waals surface area contributed by atoms with E-state index in [0.29, 0.717) is 18.9 Å². The Morgan fingerprint density at radius 3 is 2.79 bits per heavy atom. The van der Waals surface area contributed by atoms with Gasteiger partial charge in [0.15, 0.2) is 11.5 Å². The van der Waals surface area contributed by atoms with Gasteiger partial charge in [-0.3, -0.25) is 4.99 Å². The molecule has 0 aliphatic carbocycles. The highest BCUT2D eigenvalue weighted by Crippen LogP contribution is 2.28. The second-order valence-corrected chi connectivity index (χ2v) is 7.84. The van der Waals surface area contributed by atoms with Crippen LogP contribution < -0.4 is 14.3 Å². The minimum absolute atomic E-state index is 0.580. The first-order valence-electron chi connectivity index (χ1n) is 8.87. The number of nitrogens with zero attached hydrogens (tertiary/aromatic N) is 3. The van der Waals surface area contributed by atoms with Gasteiger partial charge in [-0.05, 0) is 49.1 Å². The highest BCUT2D eigenvalue weighted by molar-refractivity contribution is 7.14. The Hall–Kier alpha value is -2.64. The van der Waals surface area contributed by atoms with Gasteiger partial charge in [-0.15, -0.1) is 22.7 Å². The summed E-state index contributed by atoms with van der Waals surface area (Å²) in [5, 5.41) is 8.85. The van der Waals surface area contributed by atoms with Crippen molar-refractivity contribution in [2.45, 2.75) is 13.8 Å². The van der Waals surface area contributed by atoms with E-state index < -0.39 is 0 Å². The number of thiazole rings is 1. The maximum Gasteiger partial charge on any atom is 0.206 e. The number of ether oxygens (including phenoxy) is 2. The molecule has 7 heteroatoms. The Morgan fingerprint density at radius 2 is 2.11 bits per heavy atom. The van der Waals surface area contributed by atoms with Crippen molar-refractivity contribution in [3.8, 4) is 22.1 Å². The fraction of sp³-hybridized carbons (Fsp3) is 0.238. The first kappa shape index (κ1) is 20.1. The molecule has 3 aromatic rings. The summed E-state index contributed by atoms with van der Waals surface area (Å²) in [6.07, 6.45) is 1.81. The zero-order valence-electron chi connectivity index (χ0n) is 16.2. The molecule has 0 bridgehead atoms. The zero-order valence-corrected chi connectivity index (χ0v) is 17.8. The van der Waals surface area contributed by atoms with Crippen molar-refractivity contribution < 1.29 is 9.47 Å². The average molecular weight is 414 g/mol. The number of aromatic nitrogens is 1. The fourth-order valence-corrected chi connectivity index (χ4v) is 4.11. The standard InChI is InChI=1S/C21H23N3O2S2/c1-5-26-18-9-8-16(11-19(18)25-4)13-23-24-17(20-7-6-10-27-20)14-28-21(24)22-12-15(2)3/h6-11,13-14H,2,5,12H2,1,3-4H3. The summed E-state index contributed by atoms with van der Waals surface area (Å²) in [5.41, 5.74) is 2.95. The van der Waals surface area contributed by atoms with Crippen molar-refractivity contribution >= 4 is 28.9 Å². The highest BCUT2D eigenvalue weighted by atomic mass is 32.1. The Morgan fingerprint density at radius 1 is 1.25 bits per heavy atom. The van der Waals surface area contributed by atoms with Crippen LogP contribution in [0.3, 0.4) is 0 Å². The van der Waals surface area contributed by atoms with Crippen molar-refractivity contribution in [3.05, 3.63) is 63.6 Å². The van der Waals surface area contributed by atoms with Crippen LogP contribution in [0, 0.1) is 0 Å². The maximum atomic E-state index is 5.58. The predicted octanol–water partition coefficient (Wildman–Crippen LogP) is 5.04. The molecule has 0 saturated heterocycles. The van der Waals surface area contributed by atoms with E-state index >= 15 is 0 Å². The Labute approximate surface area is 172 Å². The molecule has 2 heterocycles. The normalized spacial score (nSPS) is 11.9. The van der Waals surface area contributed by atoms with Gasteiger partial charge in [0.05, 0.1) is 37.0 Å². The SMILES string of the molecule is C=C(C)CN=c1scc(-c2cccs2)n1N=Cc1ccc(OCC)c(OC)c1. The van der Waals surface area contributed by atoms with Crippen molar-refractivity contribution in [1.82, 2.24) is 4.68 Å². The fourth-order valence-electron chi connectivity index (χ4n) is 2.48. The van der Waals surface area contributed by atoms with Crippen molar-refractivity contribution in [3.63, 3.8) is 0 Å². The van der Waals surface area contributed by atoms with E-state index in [2.05, 4.69) is 28.4 Å². The minimum Gasteiger partial charge on any atom is -0.493 e. The number of thiophene rings is 1. The second kappa shape index (κ2) is 9.52. The molecule has 2 aromatic heterocycles. The average Bonchev–Trinajstić information content (AvgIpc) is 3.35. The van der Waals surface area contributed by atoms with Gasteiger partial charge in [0.25, 0.3) is 0 Å². The molecule has 1 aromatic carbocycles. The number of rotatable bonds is 8. The van der Waals surface area contributed by atoms with Crippen LogP contribution in [-0.4, -0.2) is 31.2 Å². The van der Waals surface area contributed by atoms with Crippen LogP contribution in [0.5, 0.6) is 11.5 Å². The summed E-state index contributed by atoms with van der Waals surface area (Å²) < 4.78 is 12.9. The van der Waals surface area contributed by atoms with Crippen LogP contribution in [0.4, 0.5) is 0 Å². The lowest BCUT2D eigenvalue weighted by Crippen LogP contribution is -2.12. The third-order valence-electron chi connectivity index (χ3n) is 3.75. The van der Waals surface area contributed by atoms with Gasteiger partial charge in [0.1, 0.15) is 0 Å². The topological polar surface area (TPSA) is 48.1 Å². The molecule has 0 N–H and O–H groups in total. The number of hydrogen-bond donors (Lipinski definition) is 0. The first-order chi connectivity index (χ1) is 13.6. The molecule has 0 aliphatic rings. The van der Waals surface area contributed by atoms with Crippen molar-refractivity contribution in [1.29, 1.82) is 0 Å². The smallest absolute Gasteiger partial charge is 0.206 e. The summed E-state index contributed by atoms with van der Waals surface area (Å²) in [7, 11) is 1.63. The van der Waals surface area contributed by atoms with Crippen LogP contribution in [0.25, 0.3) is 10.6 Å². The van der Waals surface area contributed by atoms with Crippen LogP contribution in [0.2, 0.25) is 0 Å². The van der Waals surface area contributed by atoms with Crippen LogP contribution >= 0.6 is 22.7 Å². The van der Waals surface area contributed by atoms with Crippen molar-refractivity contribution in [2.75, 3.05) is 20.3 Å². The summed E-state index contributed by atoms with van der Waals surface area (Å²) in [5.74, 6) is 1.41. The summed E-state index contributed by atoms with van der Waals surface area (Å²) in [6.45, 7) is 9.02. The number of methoxy groups -OCH3 is 1. The molecule has 5 nitrogen and oxygen atoms in total. The van der Waals surface area contributed by atoms with Crippen LogP contribution in [-0.2, 0) is 0 Å². The number of benzene rings is 1. The molecule has 0 amide bonds. The van der Waals surface area contributed by atoms with Gasteiger partial charge in [0, 0.05) is 5.38 Å². The molecule has 3 rings (SSSR count).